The molecule has 1 amide bonds. The summed E-state index contributed by atoms with van der Waals surface area (Å²) in [6.07, 6.45) is -0.512. The summed E-state index contributed by atoms with van der Waals surface area (Å²) in [6.45, 7) is 0.517. The van der Waals surface area contributed by atoms with E-state index in [1.54, 1.807) is 0 Å². The number of hydrogen-bond acceptors (Lipinski definition) is 6. The first-order valence-corrected chi connectivity index (χ1v) is 8.21. The van der Waals surface area contributed by atoms with Crippen LogP contribution in [0.5, 0.6) is 5.75 Å². The van der Waals surface area contributed by atoms with E-state index in [2.05, 4.69) is 4.74 Å². The molecule has 1 fully saturated rings. The second kappa shape index (κ2) is 6.19. The highest BCUT2D eigenvalue weighted by atomic mass is 35.5. The first-order chi connectivity index (χ1) is 10.3. The first-order valence-electron chi connectivity index (χ1n) is 6.39. The maximum absolute atomic E-state index is 12.6. The quantitative estimate of drug-likeness (QED) is 0.600. The Morgan fingerprint density at radius 2 is 1.91 bits per heavy atom. The second-order valence-electron chi connectivity index (χ2n) is 4.68. The van der Waals surface area contributed by atoms with E-state index in [1.807, 2.05) is 0 Å². The maximum atomic E-state index is 12.6. The fraction of sp³-hybridized carbons (Fsp3) is 0.417. The highest BCUT2D eigenvalue weighted by molar-refractivity contribution is 7.89. The van der Waals surface area contributed by atoms with Gasteiger partial charge in [0.15, 0.2) is 5.75 Å². The molecule has 0 saturated carbocycles. The first kappa shape index (κ1) is 16.7. The van der Waals surface area contributed by atoms with Crippen molar-refractivity contribution in [3.8, 4) is 5.75 Å². The number of methoxy groups -OCH3 is 1. The molecule has 1 aliphatic rings. The van der Waals surface area contributed by atoms with Crippen LogP contribution in [0.25, 0.3) is 0 Å². The fourth-order valence-corrected chi connectivity index (χ4v) is 4.20. The number of carbonyl (C=O) groups is 1. The van der Waals surface area contributed by atoms with Crippen LogP contribution in [0.2, 0.25) is 5.02 Å². The van der Waals surface area contributed by atoms with Crippen LogP contribution in [0.15, 0.2) is 17.0 Å². The van der Waals surface area contributed by atoms with Gasteiger partial charge in [0.1, 0.15) is 4.90 Å². The predicted molar refractivity (Wildman–Crippen MR) is 80.3 cm³/mol. The summed E-state index contributed by atoms with van der Waals surface area (Å²) < 4.78 is 31.0. The van der Waals surface area contributed by atoms with Gasteiger partial charge in [-0.2, -0.15) is 4.31 Å². The van der Waals surface area contributed by atoms with Crippen LogP contribution >= 0.6 is 11.6 Å². The zero-order chi connectivity index (χ0) is 16.5. The summed E-state index contributed by atoms with van der Waals surface area (Å²) in [5, 5.41) is 9.81. The predicted octanol–water partition coefficient (Wildman–Crippen LogP) is 0.701. The number of phenols is 1. The Morgan fingerprint density at radius 1 is 1.32 bits per heavy atom. The number of ether oxygens (including phenoxy) is 1. The molecular formula is C12H16ClN3O5S. The minimum absolute atomic E-state index is 0.0714. The Labute approximate surface area is 133 Å². The van der Waals surface area contributed by atoms with Gasteiger partial charge in [0.05, 0.1) is 17.8 Å². The average molecular weight is 350 g/mol. The summed E-state index contributed by atoms with van der Waals surface area (Å²) in [7, 11) is -2.75. The smallest absolute Gasteiger partial charge is 0.409 e. The molecule has 22 heavy (non-hydrogen) atoms. The van der Waals surface area contributed by atoms with Crippen LogP contribution in [0.3, 0.4) is 0 Å². The zero-order valence-electron chi connectivity index (χ0n) is 11.8. The standard InChI is InChI=1S/C12H16ClN3O5S/c1-21-12(18)15-4-6-16(7-5-15)22(19,20)11-8(13)2-3-9(14)10(11)17/h2-3,17H,4-7,14H2,1H3. The topological polar surface area (TPSA) is 113 Å². The second-order valence-corrected chi connectivity index (χ2v) is 6.96. The Hall–Kier alpha value is -1.71. The van der Waals surface area contributed by atoms with Crippen molar-refractivity contribution in [2.45, 2.75) is 4.90 Å². The number of piperazine rings is 1. The van der Waals surface area contributed by atoms with Gasteiger partial charge in [-0.25, -0.2) is 13.2 Å². The maximum Gasteiger partial charge on any atom is 0.409 e. The van der Waals surface area contributed by atoms with Gasteiger partial charge in [-0.3, -0.25) is 0 Å². The van der Waals surface area contributed by atoms with Gasteiger partial charge in [0.2, 0.25) is 10.0 Å². The van der Waals surface area contributed by atoms with Gasteiger partial charge in [-0.15, -0.1) is 0 Å². The van der Waals surface area contributed by atoms with E-state index in [-0.39, 0.29) is 36.9 Å². The van der Waals surface area contributed by atoms with Gasteiger partial charge in [-0.1, -0.05) is 11.6 Å². The van der Waals surface area contributed by atoms with Gasteiger partial charge in [0.25, 0.3) is 0 Å². The van der Waals surface area contributed by atoms with Crippen molar-refractivity contribution in [3.05, 3.63) is 17.2 Å². The number of carbonyl (C=O) groups excluding carboxylic acids is 1. The fourth-order valence-electron chi connectivity index (χ4n) is 2.18. The van der Waals surface area contributed by atoms with E-state index in [0.717, 1.165) is 4.31 Å². The number of aromatic hydroxyl groups is 1. The van der Waals surface area contributed by atoms with Crippen LogP contribution < -0.4 is 5.73 Å². The molecule has 10 heteroatoms. The molecule has 1 saturated heterocycles. The van der Waals surface area contributed by atoms with Crippen molar-refractivity contribution in [1.82, 2.24) is 9.21 Å². The summed E-state index contributed by atoms with van der Waals surface area (Å²) in [6, 6.07) is 2.64. The lowest BCUT2D eigenvalue weighted by Crippen LogP contribution is -2.50. The van der Waals surface area contributed by atoms with Crippen molar-refractivity contribution in [3.63, 3.8) is 0 Å². The van der Waals surface area contributed by atoms with E-state index in [4.69, 9.17) is 17.3 Å². The number of sulfonamides is 1. The largest absolute Gasteiger partial charge is 0.504 e. The number of anilines is 1. The molecule has 1 aromatic rings. The number of rotatable bonds is 2. The number of nitrogens with two attached hydrogens (primary N) is 1. The highest BCUT2D eigenvalue weighted by Gasteiger charge is 2.34. The van der Waals surface area contributed by atoms with Crippen molar-refractivity contribution >= 4 is 33.4 Å². The Morgan fingerprint density at radius 3 is 2.45 bits per heavy atom. The summed E-state index contributed by atoms with van der Waals surface area (Å²) in [5.41, 5.74) is 5.46. The van der Waals surface area contributed by atoms with E-state index in [9.17, 15) is 18.3 Å². The van der Waals surface area contributed by atoms with Crippen LogP contribution in [0.1, 0.15) is 0 Å². The molecule has 0 bridgehead atoms. The highest BCUT2D eigenvalue weighted by Crippen LogP contribution is 2.37. The van der Waals surface area contributed by atoms with Crippen molar-refractivity contribution in [2.24, 2.45) is 0 Å². The Kier molecular flexibility index (Phi) is 4.69. The van der Waals surface area contributed by atoms with Crippen LogP contribution in [-0.2, 0) is 14.8 Å². The molecule has 122 valence electrons. The minimum Gasteiger partial charge on any atom is -0.504 e. The Balaban J connectivity index is 2.27. The molecule has 0 atom stereocenters. The van der Waals surface area contributed by atoms with Crippen LogP contribution in [0, 0.1) is 0 Å². The SMILES string of the molecule is COC(=O)N1CCN(S(=O)(=O)c2c(Cl)ccc(N)c2O)CC1. The number of phenolic OH excluding ortho intramolecular Hbond substituents is 1. The van der Waals surface area contributed by atoms with E-state index < -0.39 is 26.8 Å². The average Bonchev–Trinajstić information content (AvgIpc) is 2.50. The normalized spacial score (nSPS) is 16.5. The third-order valence-corrected chi connectivity index (χ3v) is 5.79. The zero-order valence-corrected chi connectivity index (χ0v) is 13.4. The monoisotopic (exact) mass is 349 g/mol. The summed E-state index contributed by atoms with van der Waals surface area (Å²) in [5.74, 6) is -0.567. The molecule has 0 aliphatic carbocycles. The minimum atomic E-state index is -4.01. The Bertz CT molecular complexity index is 686. The molecule has 3 N–H and O–H groups in total. The van der Waals surface area contributed by atoms with Crippen LogP contribution in [0.4, 0.5) is 10.5 Å². The van der Waals surface area contributed by atoms with E-state index >= 15 is 0 Å². The molecule has 0 unspecified atom stereocenters. The van der Waals surface area contributed by atoms with E-state index in [0.29, 0.717) is 0 Å². The summed E-state index contributed by atoms with van der Waals surface area (Å²) >= 11 is 5.90. The van der Waals surface area contributed by atoms with Gasteiger partial charge < -0.3 is 20.5 Å². The number of halogens is 1. The molecule has 2 rings (SSSR count). The van der Waals surface area contributed by atoms with Crippen LogP contribution in [-0.4, -0.2) is 62.1 Å². The molecule has 0 spiro atoms. The third kappa shape index (κ3) is 2.92. The summed E-state index contributed by atoms with van der Waals surface area (Å²) in [4.78, 5) is 12.4. The van der Waals surface area contributed by atoms with Gasteiger partial charge >= 0.3 is 6.09 Å². The number of nitrogens with zero attached hydrogens (tertiary/aromatic N) is 2. The number of hydrogen-bond donors (Lipinski definition) is 2. The lowest BCUT2D eigenvalue weighted by Gasteiger charge is -2.33. The molecule has 1 aromatic carbocycles. The van der Waals surface area contributed by atoms with Crippen molar-refractivity contribution in [1.29, 1.82) is 0 Å². The van der Waals surface area contributed by atoms with Crippen molar-refractivity contribution in [2.75, 3.05) is 39.0 Å². The molecule has 1 heterocycles. The lowest BCUT2D eigenvalue weighted by atomic mass is 10.3. The molecule has 8 nitrogen and oxygen atoms in total. The molecule has 0 radical (unpaired) electrons. The number of benzene rings is 1. The lowest BCUT2D eigenvalue weighted by molar-refractivity contribution is 0.108. The van der Waals surface area contributed by atoms with Gasteiger partial charge in [-0.05, 0) is 12.1 Å². The molecular weight excluding hydrogens is 334 g/mol. The molecule has 0 aromatic heterocycles. The number of amides is 1. The van der Waals surface area contributed by atoms with Gasteiger partial charge in [0, 0.05) is 26.2 Å². The third-order valence-electron chi connectivity index (χ3n) is 3.38. The van der Waals surface area contributed by atoms with E-state index in [1.165, 1.54) is 24.1 Å². The number of nitrogen functional groups attached to an aromatic ring is 1. The molecule has 1 aliphatic heterocycles. The van der Waals surface area contributed by atoms with Crippen molar-refractivity contribution < 1.29 is 23.1 Å².